The Balaban J connectivity index is 0.000000461. The summed E-state index contributed by atoms with van der Waals surface area (Å²) >= 11 is 3.18. The van der Waals surface area contributed by atoms with Gasteiger partial charge in [0, 0.05) is 6.20 Å². The van der Waals surface area contributed by atoms with E-state index in [1.807, 2.05) is 19.9 Å². The standard InChI is InChI=1S/C6H6BrNO.C2H6/c7-6-2-1-5(4-9)3-8-6;1-2/h1-3,9H,4H2;1-2H3. The van der Waals surface area contributed by atoms with E-state index in [4.69, 9.17) is 5.11 Å². The molecule has 0 aliphatic carbocycles. The van der Waals surface area contributed by atoms with Crippen LogP contribution in [0.5, 0.6) is 0 Å². The SMILES string of the molecule is CC.OCc1ccc(Br)nc1. The molecule has 2 nitrogen and oxygen atoms in total. The molecule has 0 saturated carbocycles. The number of hydrogen-bond acceptors (Lipinski definition) is 2. The minimum atomic E-state index is 0.0558. The zero-order valence-electron chi connectivity index (χ0n) is 6.71. The second kappa shape index (κ2) is 6.31. The molecule has 0 aliphatic heterocycles. The predicted octanol–water partition coefficient (Wildman–Crippen LogP) is 2.36. The minimum absolute atomic E-state index is 0.0558. The Bertz CT molecular complexity index is 186. The maximum absolute atomic E-state index is 8.57. The number of aromatic nitrogens is 1. The third-order valence-corrected chi connectivity index (χ3v) is 1.44. The van der Waals surface area contributed by atoms with Crippen LogP contribution in [0.15, 0.2) is 22.9 Å². The number of rotatable bonds is 1. The van der Waals surface area contributed by atoms with Crippen LogP contribution in [0.25, 0.3) is 0 Å². The van der Waals surface area contributed by atoms with Gasteiger partial charge in [-0.25, -0.2) is 4.98 Å². The lowest BCUT2D eigenvalue weighted by atomic mass is 10.3. The van der Waals surface area contributed by atoms with E-state index in [9.17, 15) is 0 Å². The summed E-state index contributed by atoms with van der Waals surface area (Å²) in [5.74, 6) is 0. The van der Waals surface area contributed by atoms with Gasteiger partial charge in [0.2, 0.25) is 0 Å². The number of halogens is 1. The lowest BCUT2D eigenvalue weighted by Crippen LogP contribution is -1.83. The van der Waals surface area contributed by atoms with E-state index >= 15 is 0 Å². The number of nitrogens with zero attached hydrogens (tertiary/aromatic N) is 1. The maximum Gasteiger partial charge on any atom is 0.106 e. The van der Waals surface area contributed by atoms with Crippen LogP contribution in [0.3, 0.4) is 0 Å². The Kier molecular flexibility index (Phi) is 6.07. The van der Waals surface area contributed by atoms with Crippen LogP contribution in [0.1, 0.15) is 19.4 Å². The molecule has 0 atom stereocenters. The molecule has 0 saturated heterocycles. The second-order valence-corrected chi connectivity index (χ2v) is 2.46. The monoisotopic (exact) mass is 217 g/mol. The molecular weight excluding hydrogens is 206 g/mol. The Hall–Kier alpha value is -0.410. The van der Waals surface area contributed by atoms with Gasteiger partial charge in [-0.3, -0.25) is 0 Å². The summed E-state index contributed by atoms with van der Waals surface area (Å²) in [5.41, 5.74) is 0.832. The van der Waals surface area contributed by atoms with Crippen molar-refractivity contribution < 1.29 is 5.11 Å². The van der Waals surface area contributed by atoms with E-state index in [0.29, 0.717) is 0 Å². The number of hydrogen-bond donors (Lipinski definition) is 1. The van der Waals surface area contributed by atoms with E-state index in [1.54, 1.807) is 12.3 Å². The van der Waals surface area contributed by atoms with Crippen molar-refractivity contribution in [1.82, 2.24) is 4.98 Å². The van der Waals surface area contributed by atoms with Gasteiger partial charge in [-0.1, -0.05) is 19.9 Å². The van der Waals surface area contributed by atoms with Crippen molar-refractivity contribution in [2.24, 2.45) is 0 Å². The van der Waals surface area contributed by atoms with E-state index in [2.05, 4.69) is 20.9 Å². The molecule has 3 heteroatoms. The summed E-state index contributed by atoms with van der Waals surface area (Å²) in [4.78, 5) is 3.91. The molecule has 1 N–H and O–H groups in total. The van der Waals surface area contributed by atoms with Gasteiger partial charge in [-0.05, 0) is 27.6 Å². The van der Waals surface area contributed by atoms with Crippen LogP contribution < -0.4 is 0 Å². The highest BCUT2D eigenvalue weighted by Crippen LogP contribution is 2.05. The Morgan fingerprint density at radius 2 is 2.09 bits per heavy atom. The topological polar surface area (TPSA) is 33.1 Å². The van der Waals surface area contributed by atoms with Crippen molar-refractivity contribution in [2.75, 3.05) is 0 Å². The highest BCUT2D eigenvalue weighted by molar-refractivity contribution is 9.10. The van der Waals surface area contributed by atoms with Gasteiger partial charge >= 0.3 is 0 Å². The maximum atomic E-state index is 8.57. The van der Waals surface area contributed by atoms with Crippen LogP contribution in [-0.4, -0.2) is 10.1 Å². The summed E-state index contributed by atoms with van der Waals surface area (Å²) < 4.78 is 0.791. The lowest BCUT2D eigenvalue weighted by Gasteiger charge is -1.92. The smallest absolute Gasteiger partial charge is 0.106 e. The van der Waals surface area contributed by atoms with Crippen molar-refractivity contribution in [2.45, 2.75) is 20.5 Å². The normalized spacial score (nSPS) is 8.36. The van der Waals surface area contributed by atoms with Crippen LogP contribution in [-0.2, 0) is 6.61 Å². The molecule has 0 aliphatic rings. The first-order valence-corrected chi connectivity index (χ1v) is 4.33. The van der Waals surface area contributed by atoms with Gasteiger partial charge < -0.3 is 5.11 Å². The average molecular weight is 218 g/mol. The van der Waals surface area contributed by atoms with Gasteiger partial charge in [0.15, 0.2) is 0 Å². The summed E-state index contributed by atoms with van der Waals surface area (Å²) in [6.45, 7) is 4.06. The quantitative estimate of drug-likeness (QED) is 0.734. The van der Waals surface area contributed by atoms with Crippen molar-refractivity contribution in [3.63, 3.8) is 0 Å². The van der Waals surface area contributed by atoms with Gasteiger partial charge in [-0.2, -0.15) is 0 Å². The summed E-state index contributed by atoms with van der Waals surface area (Å²) in [7, 11) is 0. The average Bonchev–Trinajstić information content (AvgIpc) is 2.10. The first-order chi connectivity index (χ1) is 5.33. The second-order valence-electron chi connectivity index (χ2n) is 1.65. The molecule has 0 aromatic carbocycles. The fourth-order valence-electron chi connectivity index (χ4n) is 0.500. The molecule has 0 fully saturated rings. The van der Waals surface area contributed by atoms with Crippen molar-refractivity contribution in [3.8, 4) is 0 Å². The fourth-order valence-corrected chi connectivity index (χ4v) is 0.735. The van der Waals surface area contributed by atoms with Crippen LogP contribution in [0.2, 0.25) is 0 Å². The molecule has 0 amide bonds. The van der Waals surface area contributed by atoms with Crippen LogP contribution in [0.4, 0.5) is 0 Å². The zero-order valence-corrected chi connectivity index (χ0v) is 8.30. The molecule has 1 rings (SSSR count). The molecule has 0 spiro atoms. The molecule has 62 valence electrons. The molecule has 1 aromatic rings. The predicted molar refractivity (Wildman–Crippen MR) is 49.2 cm³/mol. The lowest BCUT2D eigenvalue weighted by molar-refractivity contribution is 0.281. The van der Waals surface area contributed by atoms with Gasteiger partial charge in [0.25, 0.3) is 0 Å². The third kappa shape index (κ3) is 4.11. The Morgan fingerprint density at radius 1 is 1.45 bits per heavy atom. The summed E-state index contributed by atoms with van der Waals surface area (Å²) in [5, 5.41) is 8.57. The number of aliphatic hydroxyl groups excluding tert-OH is 1. The summed E-state index contributed by atoms with van der Waals surface area (Å²) in [6, 6.07) is 3.61. The zero-order chi connectivity index (χ0) is 8.69. The number of pyridine rings is 1. The molecule has 11 heavy (non-hydrogen) atoms. The van der Waals surface area contributed by atoms with Gasteiger partial charge in [0.05, 0.1) is 6.61 Å². The Morgan fingerprint density at radius 3 is 2.45 bits per heavy atom. The molecule has 0 unspecified atom stereocenters. The third-order valence-electron chi connectivity index (χ3n) is 0.971. The van der Waals surface area contributed by atoms with Crippen molar-refractivity contribution in [3.05, 3.63) is 28.5 Å². The first kappa shape index (κ1) is 10.6. The first-order valence-electron chi connectivity index (χ1n) is 3.54. The van der Waals surface area contributed by atoms with E-state index < -0.39 is 0 Å². The van der Waals surface area contributed by atoms with Gasteiger partial charge in [-0.15, -0.1) is 0 Å². The largest absolute Gasteiger partial charge is 0.392 e. The highest BCUT2D eigenvalue weighted by atomic mass is 79.9. The van der Waals surface area contributed by atoms with Crippen LogP contribution in [0, 0.1) is 0 Å². The molecule has 1 aromatic heterocycles. The molecule has 0 radical (unpaired) electrons. The highest BCUT2D eigenvalue weighted by Gasteiger charge is 1.88. The van der Waals surface area contributed by atoms with Crippen molar-refractivity contribution >= 4 is 15.9 Å². The molecule has 1 heterocycles. The van der Waals surface area contributed by atoms with E-state index in [0.717, 1.165) is 10.2 Å². The minimum Gasteiger partial charge on any atom is -0.392 e. The molecular formula is C8H12BrNO. The van der Waals surface area contributed by atoms with Crippen LogP contribution >= 0.6 is 15.9 Å². The number of aliphatic hydroxyl groups is 1. The van der Waals surface area contributed by atoms with E-state index in [-0.39, 0.29) is 6.61 Å². The Labute approximate surface area is 75.4 Å². The van der Waals surface area contributed by atoms with Crippen molar-refractivity contribution in [1.29, 1.82) is 0 Å². The fraction of sp³-hybridized carbons (Fsp3) is 0.375. The van der Waals surface area contributed by atoms with Gasteiger partial charge in [0.1, 0.15) is 4.60 Å². The molecule has 0 bridgehead atoms. The van der Waals surface area contributed by atoms with E-state index in [1.165, 1.54) is 0 Å². The summed E-state index contributed by atoms with van der Waals surface area (Å²) in [6.07, 6.45) is 1.63.